The second kappa shape index (κ2) is 5.77. The number of hydrogen-bond donors (Lipinski definition) is 3. The highest BCUT2D eigenvalue weighted by Crippen LogP contribution is 2.22. The minimum Gasteiger partial charge on any atom is -0.398 e. The van der Waals surface area contributed by atoms with E-state index in [-0.39, 0.29) is 29.4 Å². The summed E-state index contributed by atoms with van der Waals surface area (Å²) >= 11 is 0. The van der Waals surface area contributed by atoms with Gasteiger partial charge in [-0.2, -0.15) is 0 Å². The van der Waals surface area contributed by atoms with Gasteiger partial charge in [-0.1, -0.05) is 0 Å². The molecule has 1 aliphatic heterocycles. The van der Waals surface area contributed by atoms with Crippen LogP contribution in [0.3, 0.4) is 0 Å². The number of nitrogens with two attached hydrogens (primary N) is 2. The van der Waals surface area contributed by atoms with E-state index < -0.39 is 11.7 Å². The van der Waals surface area contributed by atoms with Crippen LogP contribution in [0.2, 0.25) is 0 Å². The Morgan fingerprint density at radius 3 is 2.55 bits per heavy atom. The van der Waals surface area contributed by atoms with Crippen LogP contribution in [0.5, 0.6) is 0 Å². The van der Waals surface area contributed by atoms with Gasteiger partial charge in [-0.15, -0.1) is 0 Å². The van der Waals surface area contributed by atoms with E-state index >= 15 is 0 Å². The minimum absolute atomic E-state index is 0.0218. The van der Waals surface area contributed by atoms with Crippen LogP contribution in [0.1, 0.15) is 23.2 Å². The van der Waals surface area contributed by atoms with E-state index in [1.54, 1.807) is 4.90 Å². The summed E-state index contributed by atoms with van der Waals surface area (Å²) in [6, 6.07) is 2.24. The van der Waals surface area contributed by atoms with Crippen molar-refractivity contribution >= 4 is 23.2 Å². The van der Waals surface area contributed by atoms with Crippen molar-refractivity contribution in [1.82, 2.24) is 4.90 Å². The van der Waals surface area contributed by atoms with Crippen molar-refractivity contribution in [2.75, 3.05) is 30.7 Å². The van der Waals surface area contributed by atoms with Crippen molar-refractivity contribution in [3.8, 4) is 0 Å². The molecule has 0 radical (unpaired) electrons. The quantitative estimate of drug-likeness (QED) is 0.701. The summed E-state index contributed by atoms with van der Waals surface area (Å²) in [7, 11) is 0. The van der Waals surface area contributed by atoms with Gasteiger partial charge >= 0.3 is 0 Å². The molecule has 2 rings (SSSR count). The molecule has 1 heterocycles. The SMILES string of the molecule is NC(=O)c1cc(NCC(=O)N2CCCC2)c(F)cc1N. The highest BCUT2D eigenvalue weighted by Gasteiger charge is 2.18. The van der Waals surface area contributed by atoms with Crippen molar-refractivity contribution in [3.05, 3.63) is 23.5 Å². The number of nitrogen functional groups attached to an aromatic ring is 1. The Morgan fingerprint density at radius 1 is 1.30 bits per heavy atom. The first-order valence-corrected chi connectivity index (χ1v) is 6.39. The predicted octanol–water partition coefficient (Wildman–Crippen LogP) is 0.541. The Hall–Kier alpha value is -2.31. The highest BCUT2D eigenvalue weighted by molar-refractivity contribution is 5.99. The third-order valence-electron chi connectivity index (χ3n) is 3.29. The maximum Gasteiger partial charge on any atom is 0.250 e. The van der Waals surface area contributed by atoms with Crippen molar-refractivity contribution in [1.29, 1.82) is 0 Å². The number of likely N-dealkylation sites (tertiary alicyclic amines) is 1. The number of carbonyl (C=O) groups excluding carboxylic acids is 2. The summed E-state index contributed by atoms with van der Waals surface area (Å²) in [5.74, 6) is -1.46. The maximum absolute atomic E-state index is 13.7. The second-order valence-electron chi connectivity index (χ2n) is 4.73. The lowest BCUT2D eigenvalue weighted by molar-refractivity contribution is -0.128. The zero-order valence-electron chi connectivity index (χ0n) is 11.0. The number of hydrogen-bond acceptors (Lipinski definition) is 4. The number of halogens is 1. The number of anilines is 2. The summed E-state index contributed by atoms with van der Waals surface area (Å²) in [6.45, 7) is 1.44. The lowest BCUT2D eigenvalue weighted by Crippen LogP contribution is -2.33. The third kappa shape index (κ3) is 2.98. The van der Waals surface area contributed by atoms with Crippen LogP contribution >= 0.6 is 0 Å². The van der Waals surface area contributed by atoms with Crippen molar-refractivity contribution in [2.24, 2.45) is 5.73 Å². The van der Waals surface area contributed by atoms with E-state index in [1.165, 1.54) is 6.07 Å². The lowest BCUT2D eigenvalue weighted by Gasteiger charge is -2.16. The van der Waals surface area contributed by atoms with Crippen LogP contribution in [0.25, 0.3) is 0 Å². The zero-order chi connectivity index (χ0) is 14.7. The van der Waals surface area contributed by atoms with Crippen LogP contribution in [0.15, 0.2) is 12.1 Å². The molecule has 1 fully saturated rings. The Balaban J connectivity index is 2.07. The molecule has 20 heavy (non-hydrogen) atoms. The first-order chi connectivity index (χ1) is 9.49. The summed E-state index contributed by atoms with van der Waals surface area (Å²) in [6.07, 6.45) is 1.99. The molecule has 0 unspecified atom stereocenters. The number of amides is 2. The highest BCUT2D eigenvalue weighted by atomic mass is 19.1. The van der Waals surface area contributed by atoms with Gasteiger partial charge in [-0.25, -0.2) is 4.39 Å². The summed E-state index contributed by atoms with van der Waals surface area (Å²) < 4.78 is 13.7. The van der Waals surface area contributed by atoms with Gasteiger partial charge in [0, 0.05) is 18.8 Å². The zero-order valence-corrected chi connectivity index (χ0v) is 11.0. The molecule has 6 nitrogen and oxygen atoms in total. The van der Waals surface area contributed by atoms with E-state index in [2.05, 4.69) is 5.32 Å². The first kappa shape index (κ1) is 14.1. The van der Waals surface area contributed by atoms with Crippen LogP contribution in [0, 0.1) is 5.82 Å². The van der Waals surface area contributed by atoms with Gasteiger partial charge in [0.2, 0.25) is 5.91 Å². The van der Waals surface area contributed by atoms with Gasteiger partial charge < -0.3 is 21.7 Å². The normalized spacial score (nSPS) is 14.3. The molecular formula is C13H17FN4O2. The summed E-state index contributed by atoms with van der Waals surface area (Å²) in [5.41, 5.74) is 10.7. The van der Waals surface area contributed by atoms with E-state index in [4.69, 9.17) is 11.5 Å². The maximum atomic E-state index is 13.7. The van der Waals surface area contributed by atoms with Gasteiger partial charge in [-0.05, 0) is 25.0 Å². The van der Waals surface area contributed by atoms with Gasteiger partial charge in [0.25, 0.3) is 5.91 Å². The Morgan fingerprint density at radius 2 is 1.95 bits per heavy atom. The smallest absolute Gasteiger partial charge is 0.250 e. The van der Waals surface area contributed by atoms with E-state index in [9.17, 15) is 14.0 Å². The molecule has 7 heteroatoms. The number of carbonyl (C=O) groups is 2. The number of benzene rings is 1. The number of primary amides is 1. The number of rotatable bonds is 4. The van der Waals surface area contributed by atoms with Crippen LogP contribution < -0.4 is 16.8 Å². The first-order valence-electron chi connectivity index (χ1n) is 6.39. The average Bonchev–Trinajstić information content (AvgIpc) is 2.90. The molecule has 0 bridgehead atoms. The largest absolute Gasteiger partial charge is 0.398 e. The van der Waals surface area contributed by atoms with E-state index in [0.29, 0.717) is 0 Å². The Labute approximate surface area is 115 Å². The fraction of sp³-hybridized carbons (Fsp3) is 0.385. The molecule has 1 aromatic carbocycles. The summed E-state index contributed by atoms with van der Waals surface area (Å²) in [4.78, 5) is 24.7. The second-order valence-corrected chi connectivity index (χ2v) is 4.73. The molecule has 0 saturated carbocycles. The van der Waals surface area contributed by atoms with Crippen molar-refractivity contribution in [2.45, 2.75) is 12.8 Å². The average molecular weight is 280 g/mol. The molecular weight excluding hydrogens is 263 g/mol. The molecule has 108 valence electrons. The Bertz CT molecular complexity index is 541. The fourth-order valence-corrected chi connectivity index (χ4v) is 2.19. The molecule has 2 amide bonds. The standard InChI is InChI=1S/C13H17FN4O2/c14-9-6-10(15)8(13(16)20)5-11(9)17-7-12(19)18-3-1-2-4-18/h5-6,17H,1-4,7,15H2,(H2,16,20). The molecule has 1 aromatic rings. The molecule has 0 aliphatic carbocycles. The van der Waals surface area contributed by atoms with Gasteiger partial charge in [-0.3, -0.25) is 9.59 Å². The van der Waals surface area contributed by atoms with Crippen LogP contribution in [0.4, 0.5) is 15.8 Å². The monoisotopic (exact) mass is 280 g/mol. The van der Waals surface area contributed by atoms with E-state index in [1.807, 2.05) is 0 Å². The molecule has 5 N–H and O–H groups in total. The summed E-state index contributed by atoms with van der Waals surface area (Å²) in [5, 5.41) is 2.68. The topological polar surface area (TPSA) is 101 Å². The molecule has 0 aromatic heterocycles. The van der Waals surface area contributed by atoms with Crippen molar-refractivity contribution in [3.63, 3.8) is 0 Å². The third-order valence-corrected chi connectivity index (χ3v) is 3.29. The Kier molecular flexibility index (Phi) is 4.07. The van der Waals surface area contributed by atoms with Crippen LogP contribution in [-0.2, 0) is 4.79 Å². The minimum atomic E-state index is -0.739. The van der Waals surface area contributed by atoms with Crippen LogP contribution in [-0.4, -0.2) is 36.3 Å². The van der Waals surface area contributed by atoms with E-state index in [0.717, 1.165) is 32.0 Å². The van der Waals surface area contributed by atoms with Gasteiger partial charge in [0.05, 0.1) is 17.8 Å². The van der Waals surface area contributed by atoms with Gasteiger partial charge in [0.1, 0.15) is 5.82 Å². The molecule has 1 saturated heterocycles. The van der Waals surface area contributed by atoms with Crippen molar-refractivity contribution < 1.29 is 14.0 Å². The predicted molar refractivity (Wildman–Crippen MR) is 73.6 cm³/mol. The lowest BCUT2D eigenvalue weighted by atomic mass is 10.1. The fourth-order valence-electron chi connectivity index (χ4n) is 2.19. The molecule has 1 aliphatic rings. The number of nitrogens with zero attached hydrogens (tertiary/aromatic N) is 1. The van der Waals surface area contributed by atoms with Gasteiger partial charge in [0.15, 0.2) is 0 Å². The number of nitrogens with one attached hydrogen (secondary N) is 1. The molecule has 0 atom stereocenters. The molecule has 0 spiro atoms.